The molecular weight excluding hydrogens is 312 g/mol. The van der Waals surface area contributed by atoms with Gasteiger partial charge >= 0.3 is 0 Å². The van der Waals surface area contributed by atoms with Crippen molar-refractivity contribution in [2.75, 3.05) is 0 Å². The maximum atomic E-state index is 12.8. The van der Waals surface area contributed by atoms with Gasteiger partial charge in [0.05, 0.1) is 11.9 Å². The average Bonchev–Trinajstić information content (AvgIpc) is 3.05. The summed E-state index contributed by atoms with van der Waals surface area (Å²) in [7, 11) is 0. The van der Waals surface area contributed by atoms with Crippen molar-refractivity contribution in [3.8, 4) is 0 Å². The van der Waals surface area contributed by atoms with Crippen LogP contribution in [0.2, 0.25) is 0 Å². The van der Waals surface area contributed by atoms with Gasteiger partial charge in [-0.05, 0) is 26.0 Å². The fourth-order valence-corrected chi connectivity index (χ4v) is 2.96. The summed E-state index contributed by atoms with van der Waals surface area (Å²) in [5, 5.41) is 3.11. The maximum Gasteiger partial charge on any atom is 0.261 e. The highest BCUT2D eigenvalue weighted by molar-refractivity contribution is 7.09. The topological polar surface area (TPSA) is 63.4 Å². The fourth-order valence-electron chi connectivity index (χ4n) is 2.35. The van der Waals surface area contributed by atoms with Crippen LogP contribution in [-0.2, 0) is 6.54 Å². The SMILES string of the molecule is CC(C)N(Cc1nccs1)C(=O)c1coc2ccccc2c1=O. The predicted octanol–water partition coefficient (Wildman–Crippen LogP) is 3.30. The molecule has 0 atom stereocenters. The summed E-state index contributed by atoms with van der Waals surface area (Å²) < 4.78 is 5.45. The number of rotatable bonds is 4. The molecule has 0 saturated carbocycles. The van der Waals surface area contributed by atoms with Crippen LogP contribution in [0.25, 0.3) is 11.0 Å². The van der Waals surface area contributed by atoms with E-state index in [0.717, 1.165) is 5.01 Å². The average molecular weight is 328 g/mol. The van der Waals surface area contributed by atoms with Crippen LogP contribution in [0.4, 0.5) is 0 Å². The van der Waals surface area contributed by atoms with E-state index in [1.165, 1.54) is 17.6 Å². The second-order valence-corrected chi connectivity index (χ2v) is 6.41. The molecule has 0 aliphatic carbocycles. The molecule has 1 aromatic carbocycles. The Labute approximate surface area is 137 Å². The van der Waals surface area contributed by atoms with Gasteiger partial charge in [-0.1, -0.05) is 12.1 Å². The van der Waals surface area contributed by atoms with Crippen molar-refractivity contribution in [2.45, 2.75) is 26.4 Å². The number of nitrogens with zero attached hydrogens (tertiary/aromatic N) is 2. The van der Waals surface area contributed by atoms with E-state index < -0.39 is 0 Å². The molecule has 1 amide bonds. The van der Waals surface area contributed by atoms with Crippen molar-refractivity contribution in [2.24, 2.45) is 0 Å². The van der Waals surface area contributed by atoms with Gasteiger partial charge in [-0.3, -0.25) is 9.59 Å². The quantitative estimate of drug-likeness (QED) is 0.737. The number of carbonyl (C=O) groups excluding carboxylic acids is 1. The van der Waals surface area contributed by atoms with Crippen LogP contribution < -0.4 is 5.43 Å². The zero-order valence-electron chi connectivity index (χ0n) is 12.9. The molecule has 0 aliphatic rings. The number of carbonyl (C=O) groups is 1. The molecule has 0 aliphatic heterocycles. The van der Waals surface area contributed by atoms with Crippen molar-refractivity contribution in [1.82, 2.24) is 9.88 Å². The Bertz CT molecular complexity index is 884. The van der Waals surface area contributed by atoms with E-state index >= 15 is 0 Å². The van der Waals surface area contributed by atoms with Gasteiger partial charge in [-0.25, -0.2) is 4.98 Å². The van der Waals surface area contributed by atoms with Crippen molar-refractivity contribution in [3.63, 3.8) is 0 Å². The molecule has 3 rings (SSSR count). The summed E-state index contributed by atoms with van der Waals surface area (Å²) in [6.45, 7) is 4.20. The van der Waals surface area contributed by atoms with Crippen LogP contribution in [0.1, 0.15) is 29.2 Å². The highest BCUT2D eigenvalue weighted by atomic mass is 32.1. The van der Waals surface area contributed by atoms with E-state index in [4.69, 9.17) is 4.42 Å². The van der Waals surface area contributed by atoms with E-state index in [-0.39, 0.29) is 22.9 Å². The van der Waals surface area contributed by atoms with E-state index in [1.54, 1.807) is 35.4 Å². The third-order valence-corrected chi connectivity index (χ3v) is 4.35. The molecule has 5 nitrogen and oxygen atoms in total. The van der Waals surface area contributed by atoms with Crippen LogP contribution >= 0.6 is 11.3 Å². The number of hydrogen-bond donors (Lipinski definition) is 0. The Kier molecular flexibility index (Phi) is 4.25. The van der Waals surface area contributed by atoms with Gasteiger partial charge in [0.25, 0.3) is 5.91 Å². The van der Waals surface area contributed by atoms with Gasteiger partial charge in [0.2, 0.25) is 5.43 Å². The first-order valence-corrected chi connectivity index (χ1v) is 8.16. The number of aromatic nitrogens is 1. The first-order chi connectivity index (χ1) is 11.1. The largest absolute Gasteiger partial charge is 0.463 e. The summed E-state index contributed by atoms with van der Waals surface area (Å²) in [6.07, 6.45) is 2.96. The molecule has 0 saturated heterocycles. The zero-order chi connectivity index (χ0) is 16.4. The highest BCUT2D eigenvalue weighted by Crippen LogP contribution is 2.16. The van der Waals surface area contributed by atoms with Gasteiger partial charge in [-0.15, -0.1) is 11.3 Å². The molecule has 0 unspecified atom stereocenters. The van der Waals surface area contributed by atoms with Crippen molar-refractivity contribution >= 4 is 28.2 Å². The Hall–Kier alpha value is -2.47. The molecule has 0 fully saturated rings. The lowest BCUT2D eigenvalue weighted by Crippen LogP contribution is -2.38. The zero-order valence-corrected chi connectivity index (χ0v) is 13.7. The first-order valence-electron chi connectivity index (χ1n) is 7.28. The first kappa shape index (κ1) is 15.4. The molecule has 6 heteroatoms. The second-order valence-electron chi connectivity index (χ2n) is 5.43. The fraction of sp³-hybridized carbons (Fsp3) is 0.235. The molecule has 118 valence electrons. The maximum absolute atomic E-state index is 12.8. The van der Waals surface area contributed by atoms with Gasteiger partial charge in [-0.2, -0.15) is 0 Å². The molecule has 3 aromatic rings. The molecule has 0 N–H and O–H groups in total. The molecule has 2 heterocycles. The Morgan fingerprint density at radius 3 is 2.83 bits per heavy atom. The van der Waals surface area contributed by atoms with Crippen LogP contribution in [0.15, 0.2) is 51.3 Å². The standard InChI is InChI=1S/C17H16N2O3S/c1-11(2)19(9-15-18-7-8-23-15)17(21)13-10-22-14-6-4-3-5-12(14)16(13)20/h3-8,10-11H,9H2,1-2H3. The lowest BCUT2D eigenvalue weighted by molar-refractivity contribution is 0.0687. The summed E-state index contributed by atoms with van der Waals surface area (Å²) in [6, 6.07) is 6.86. The summed E-state index contributed by atoms with van der Waals surface area (Å²) in [4.78, 5) is 31.2. The molecule has 2 aromatic heterocycles. The smallest absolute Gasteiger partial charge is 0.261 e. The van der Waals surface area contributed by atoms with Crippen LogP contribution in [0, 0.1) is 0 Å². The Morgan fingerprint density at radius 2 is 2.13 bits per heavy atom. The van der Waals surface area contributed by atoms with Crippen LogP contribution in [0.3, 0.4) is 0 Å². The number of para-hydroxylation sites is 1. The molecule has 23 heavy (non-hydrogen) atoms. The van der Waals surface area contributed by atoms with E-state index in [9.17, 15) is 9.59 Å². The number of benzene rings is 1. The Balaban J connectivity index is 2.00. The minimum Gasteiger partial charge on any atom is -0.463 e. The van der Waals surface area contributed by atoms with Gasteiger partial charge < -0.3 is 9.32 Å². The third-order valence-electron chi connectivity index (χ3n) is 3.58. The van der Waals surface area contributed by atoms with Crippen molar-refractivity contribution in [1.29, 1.82) is 0 Å². The number of fused-ring (bicyclic) bond motifs is 1. The molecule has 0 spiro atoms. The lowest BCUT2D eigenvalue weighted by atomic mass is 10.1. The lowest BCUT2D eigenvalue weighted by Gasteiger charge is -2.25. The molecular formula is C17H16N2O3S. The van der Waals surface area contributed by atoms with Crippen molar-refractivity contribution < 1.29 is 9.21 Å². The molecule has 0 radical (unpaired) electrons. The van der Waals surface area contributed by atoms with Gasteiger partial charge in [0, 0.05) is 17.6 Å². The minimum atomic E-state index is -0.338. The Morgan fingerprint density at radius 1 is 1.35 bits per heavy atom. The van der Waals surface area contributed by atoms with Crippen LogP contribution in [0.5, 0.6) is 0 Å². The molecule has 0 bridgehead atoms. The van der Waals surface area contributed by atoms with E-state index in [1.807, 2.05) is 19.2 Å². The predicted molar refractivity (Wildman–Crippen MR) is 89.6 cm³/mol. The van der Waals surface area contributed by atoms with Crippen LogP contribution in [-0.4, -0.2) is 21.8 Å². The highest BCUT2D eigenvalue weighted by Gasteiger charge is 2.23. The summed E-state index contributed by atoms with van der Waals surface area (Å²) in [5.74, 6) is -0.338. The normalized spacial score (nSPS) is 11.1. The summed E-state index contributed by atoms with van der Waals surface area (Å²) >= 11 is 1.48. The van der Waals surface area contributed by atoms with E-state index in [0.29, 0.717) is 17.5 Å². The monoisotopic (exact) mass is 328 g/mol. The van der Waals surface area contributed by atoms with Gasteiger partial charge in [0.1, 0.15) is 22.4 Å². The number of thiazole rings is 1. The minimum absolute atomic E-state index is 0.0500. The second kappa shape index (κ2) is 6.34. The van der Waals surface area contributed by atoms with E-state index in [2.05, 4.69) is 4.98 Å². The third kappa shape index (κ3) is 3.03. The van der Waals surface area contributed by atoms with Gasteiger partial charge in [0.15, 0.2) is 0 Å². The number of amides is 1. The van der Waals surface area contributed by atoms with Crippen molar-refractivity contribution in [3.05, 3.63) is 62.9 Å². The summed E-state index contributed by atoms with van der Waals surface area (Å²) in [5.41, 5.74) is 0.223. The number of hydrogen-bond acceptors (Lipinski definition) is 5.